The molecule has 2 nitrogen and oxygen atoms in total. The Hall–Kier alpha value is -2.16. The Morgan fingerprint density at radius 1 is 0.639 bits per heavy atom. The first-order chi connectivity index (χ1) is 17.7. The fourth-order valence-corrected chi connectivity index (χ4v) is 5.50. The Balaban J connectivity index is 1.51. The summed E-state index contributed by atoms with van der Waals surface area (Å²) in [5.41, 5.74) is 7.53. The second kappa shape index (κ2) is 15.8. The molecule has 1 heterocycles. The Morgan fingerprint density at radius 3 is 1.97 bits per heavy atom. The number of fused-ring (bicyclic) bond motifs is 1. The molecular weight excluding hydrogens is 443 g/mol. The van der Waals surface area contributed by atoms with Gasteiger partial charge in [-0.3, -0.25) is 0 Å². The topological polar surface area (TPSA) is 28.7 Å². The largest absolute Gasteiger partial charge is 0.342 e. The van der Waals surface area contributed by atoms with E-state index in [4.69, 9.17) is 4.98 Å². The Bertz CT molecular complexity index is 1040. The van der Waals surface area contributed by atoms with Crippen LogP contribution in [-0.2, 0) is 32.1 Å². The maximum atomic E-state index is 14.0. The summed E-state index contributed by atoms with van der Waals surface area (Å²) in [5.74, 6) is 1.09. The third-order valence-electron chi connectivity index (χ3n) is 7.66. The van der Waals surface area contributed by atoms with E-state index < -0.39 is 0 Å². The summed E-state index contributed by atoms with van der Waals surface area (Å²) in [5, 5.41) is 0. The summed E-state index contributed by atoms with van der Waals surface area (Å²) in [6, 6.07) is 10.1. The molecule has 2 aromatic carbocycles. The van der Waals surface area contributed by atoms with Crippen LogP contribution in [0, 0.1) is 5.82 Å². The second-order valence-electron chi connectivity index (χ2n) is 10.5. The average Bonchev–Trinajstić information content (AvgIpc) is 3.30. The van der Waals surface area contributed by atoms with Crippen LogP contribution >= 0.6 is 0 Å². The minimum Gasteiger partial charge on any atom is -0.342 e. The van der Waals surface area contributed by atoms with Crippen LogP contribution in [0.5, 0.6) is 0 Å². The Labute approximate surface area is 219 Å². The van der Waals surface area contributed by atoms with E-state index in [2.05, 4.69) is 37.0 Å². The minimum atomic E-state index is -0.0478. The van der Waals surface area contributed by atoms with Crippen molar-refractivity contribution in [1.29, 1.82) is 0 Å². The van der Waals surface area contributed by atoms with Gasteiger partial charge in [0.1, 0.15) is 11.6 Å². The van der Waals surface area contributed by atoms with Gasteiger partial charge in [0.2, 0.25) is 0 Å². The summed E-state index contributed by atoms with van der Waals surface area (Å²) in [4.78, 5) is 8.71. The molecule has 0 aliphatic heterocycles. The Kier molecular flexibility index (Phi) is 12.5. The molecule has 198 valence electrons. The molecule has 0 atom stereocenters. The first-order valence-corrected chi connectivity index (χ1v) is 14.9. The van der Waals surface area contributed by atoms with Gasteiger partial charge in [-0.15, -0.1) is 0 Å². The van der Waals surface area contributed by atoms with Crippen LogP contribution < -0.4 is 0 Å². The smallest absolute Gasteiger partial charge is 0.126 e. The molecule has 0 radical (unpaired) electrons. The maximum absolute atomic E-state index is 14.0. The van der Waals surface area contributed by atoms with E-state index in [-0.39, 0.29) is 5.82 Å². The van der Waals surface area contributed by atoms with Gasteiger partial charge < -0.3 is 4.98 Å². The highest BCUT2D eigenvalue weighted by atomic mass is 19.1. The zero-order valence-corrected chi connectivity index (χ0v) is 23.2. The molecule has 0 fully saturated rings. The van der Waals surface area contributed by atoms with E-state index in [0.29, 0.717) is 0 Å². The second-order valence-corrected chi connectivity index (χ2v) is 10.5. The number of unbranched alkanes of at least 4 members (excludes halogenated alkanes) is 9. The molecule has 36 heavy (non-hydrogen) atoms. The fraction of sp³-hybridized carbons (Fsp3) is 0.606. The number of benzene rings is 2. The molecule has 3 heteroatoms. The molecular formula is C33H49FN2. The van der Waals surface area contributed by atoms with Gasteiger partial charge in [-0.05, 0) is 85.8 Å². The van der Waals surface area contributed by atoms with Gasteiger partial charge in [0.15, 0.2) is 0 Å². The third kappa shape index (κ3) is 8.46. The van der Waals surface area contributed by atoms with E-state index in [1.165, 1.54) is 98.4 Å². The number of H-pyrrole nitrogens is 1. The maximum Gasteiger partial charge on any atom is 0.126 e. The number of nitrogens with one attached hydrogen (secondary N) is 1. The monoisotopic (exact) mass is 492 g/mol. The summed E-state index contributed by atoms with van der Waals surface area (Å²) >= 11 is 0. The number of nitrogens with zero attached hydrogens (tertiary/aromatic N) is 1. The highest BCUT2D eigenvalue weighted by Crippen LogP contribution is 2.25. The van der Waals surface area contributed by atoms with E-state index in [0.717, 1.165) is 49.9 Å². The van der Waals surface area contributed by atoms with Crippen molar-refractivity contribution >= 4 is 11.0 Å². The number of halogens is 1. The first kappa shape index (κ1) is 28.4. The molecule has 1 N–H and O–H groups in total. The Morgan fingerprint density at radius 2 is 1.28 bits per heavy atom. The summed E-state index contributed by atoms with van der Waals surface area (Å²) in [7, 11) is 0. The highest BCUT2D eigenvalue weighted by Gasteiger charge is 2.12. The number of imidazole rings is 1. The van der Waals surface area contributed by atoms with Crippen LogP contribution in [0.3, 0.4) is 0 Å². The highest BCUT2D eigenvalue weighted by molar-refractivity contribution is 5.80. The normalized spacial score (nSPS) is 11.6. The van der Waals surface area contributed by atoms with Crippen LogP contribution in [0.1, 0.15) is 126 Å². The van der Waals surface area contributed by atoms with Crippen molar-refractivity contribution in [2.75, 3.05) is 0 Å². The van der Waals surface area contributed by atoms with Crippen molar-refractivity contribution in [3.63, 3.8) is 0 Å². The van der Waals surface area contributed by atoms with Gasteiger partial charge in [-0.2, -0.15) is 0 Å². The van der Waals surface area contributed by atoms with Gasteiger partial charge >= 0.3 is 0 Å². The number of hydrogen-bond donors (Lipinski definition) is 1. The molecule has 0 spiro atoms. The molecule has 3 rings (SSSR count). The van der Waals surface area contributed by atoms with Gasteiger partial charge in [-0.25, -0.2) is 9.37 Å². The number of aryl methyl sites for hydroxylation is 4. The van der Waals surface area contributed by atoms with Crippen molar-refractivity contribution in [1.82, 2.24) is 9.97 Å². The molecule has 0 unspecified atom stereocenters. The quantitative estimate of drug-likeness (QED) is 0.176. The molecule has 0 amide bonds. The van der Waals surface area contributed by atoms with Gasteiger partial charge in [-0.1, -0.05) is 90.3 Å². The molecule has 1 aromatic heterocycles. The van der Waals surface area contributed by atoms with Crippen molar-refractivity contribution in [2.24, 2.45) is 0 Å². The predicted molar refractivity (Wildman–Crippen MR) is 153 cm³/mol. The number of aromatic amines is 1. The zero-order chi connectivity index (χ0) is 25.6. The molecule has 0 saturated heterocycles. The summed E-state index contributed by atoms with van der Waals surface area (Å²) < 4.78 is 14.0. The number of rotatable bonds is 18. The van der Waals surface area contributed by atoms with Crippen LogP contribution in [0.25, 0.3) is 11.0 Å². The van der Waals surface area contributed by atoms with Crippen LogP contribution in [0.2, 0.25) is 0 Å². The molecule has 0 aliphatic rings. The van der Waals surface area contributed by atoms with Crippen LogP contribution in [0.15, 0.2) is 30.3 Å². The van der Waals surface area contributed by atoms with Crippen molar-refractivity contribution in [3.05, 3.63) is 64.2 Å². The zero-order valence-electron chi connectivity index (χ0n) is 23.2. The lowest BCUT2D eigenvalue weighted by Crippen LogP contribution is -1.97. The fourth-order valence-electron chi connectivity index (χ4n) is 5.50. The summed E-state index contributed by atoms with van der Waals surface area (Å²) in [6.07, 6.45) is 20.3. The molecule has 3 aromatic rings. The van der Waals surface area contributed by atoms with E-state index in [9.17, 15) is 4.39 Å². The third-order valence-corrected chi connectivity index (χ3v) is 7.66. The van der Waals surface area contributed by atoms with Crippen LogP contribution in [0.4, 0.5) is 4.39 Å². The molecule has 0 saturated carbocycles. The predicted octanol–water partition coefficient (Wildman–Crippen LogP) is 9.86. The van der Waals surface area contributed by atoms with Gasteiger partial charge in [0, 0.05) is 6.42 Å². The van der Waals surface area contributed by atoms with E-state index in [1.807, 2.05) is 13.0 Å². The lowest BCUT2D eigenvalue weighted by atomic mass is 9.96. The SMILES string of the molecule is CCCCCCCCc1ccc2[nH]c(CCCCCCc3cccc(F)c3CC)nc2c1CCCC. The average molecular weight is 493 g/mol. The first-order valence-electron chi connectivity index (χ1n) is 14.9. The van der Waals surface area contributed by atoms with E-state index >= 15 is 0 Å². The summed E-state index contributed by atoms with van der Waals surface area (Å²) in [6.45, 7) is 6.60. The molecule has 0 bridgehead atoms. The number of hydrogen-bond acceptors (Lipinski definition) is 1. The van der Waals surface area contributed by atoms with Crippen molar-refractivity contribution < 1.29 is 4.39 Å². The van der Waals surface area contributed by atoms with E-state index in [1.54, 1.807) is 6.07 Å². The minimum absolute atomic E-state index is 0.0478. The lowest BCUT2D eigenvalue weighted by molar-refractivity contribution is 0.600. The molecule has 0 aliphatic carbocycles. The van der Waals surface area contributed by atoms with Gasteiger partial charge in [0.05, 0.1) is 11.0 Å². The standard InChI is InChI=1S/C33H49FN2/c1-4-7-9-10-11-14-19-27-24-25-31-33(29(27)21-8-5-2)36-32(35-31)23-16-13-12-15-18-26-20-17-22-30(34)28(26)6-3/h17,20,22,24-25H,4-16,18-19,21,23H2,1-3H3,(H,35,36). The number of aromatic nitrogens is 2. The van der Waals surface area contributed by atoms with Gasteiger partial charge in [0.25, 0.3) is 0 Å². The lowest BCUT2D eigenvalue weighted by Gasteiger charge is -2.10. The van der Waals surface area contributed by atoms with Crippen molar-refractivity contribution in [2.45, 2.75) is 130 Å². The van der Waals surface area contributed by atoms with Crippen molar-refractivity contribution in [3.8, 4) is 0 Å². The van der Waals surface area contributed by atoms with Crippen LogP contribution in [-0.4, -0.2) is 9.97 Å².